The summed E-state index contributed by atoms with van der Waals surface area (Å²) in [5, 5.41) is 23.3. The highest BCUT2D eigenvalue weighted by atomic mass is 16.5. The van der Waals surface area contributed by atoms with Crippen molar-refractivity contribution in [1.29, 1.82) is 0 Å². The lowest BCUT2D eigenvalue weighted by Crippen LogP contribution is -2.45. The molecule has 446 valence electrons. The molecule has 0 aliphatic rings. The van der Waals surface area contributed by atoms with Gasteiger partial charge in [-0.2, -0.15) is 0 Å². The van der Waals surface area contributed by atoms with Gasteiger partial charge in [-0.3, -0.25) is 9.59 Å². The van der Waals surface area contributed by atoms with Crippen LogP contribution >= 0.6 is 0 Å². The van der Waals surface area contributed by atoms with Crippen molar-refractivity contribution in [2.24, 2.45) is 0 Å². The molecule has 0 heterocycles. The number of unbranched alkanes of at least 4 members (excludes halogenated alkanes) is 54. The topological polar surface area (TPSA) is 95.9 Å². The van der Waals surface area contributed by atoms with Crippen LogP contribution in [0.15, 0.2) is 12.2 Å². The second kappa shape index (κ2) is 65.1. The van der Waals surface area contributed by atoms with Crippen LogP contribution in [0.1, 0.15) is 393 Å². The number of carbonyl (C=O) groups excluding carboxylic acids is 2. The van der Waals surface area contributed by atoms with Gasteiger partial charge in [0, 0.05) is 12.8 Å². The van der Waals surface area contributed by atoms with Gasteiger partial charge in [0.25, 0.3) is 0 Å². The van der Waals surface area contributed by atoms with Gasteiger partial charge in [0.1, 0.15) is 0 Å². The first-order valence-electron chi connectivity index (χ1n) is 34.5. The van der Waals surface area contributed by atoms with Crippen molar-refractivity contribution in [2.75, 3.05) is 13.2 Å². The monoisotopic (exact) mass is 1060 g/mol. The molecule has 2 atom stereocenters. The smallest absolute Gasteiger partial charge is 0.305 e. The van der Waals surface area contributed by atoms with Crippen molar-refractivity contribution in [2.45, 2.75) is 405 Å². The number of amides is 1. The molecule has 0 aliphatic carbocycles. The van der Waals surface area contributed by atoms with E-state index in [0.29, 0.717) is 19.4 Å². The first kappa shape index (κ1) is 73.6. The molecular formula is C69H135NO5. The van der Waals surface area contributed by atoms with Crippen LogP contribution in [0.25, 0.3) is 0 Å². The lowest BCUT2D eigenvalue weighted by molar-refractivity contribution is -0.143. The summed E-state index contributed by atoms with van der Waals surface area (Å²) in [7, 11) is 0. The minimum atomic E-state index is -0.845. The third-order valence-electron chi connectivity index (χ3n) is 16.3. The van der Waals surface area contributed by atoms with E-state index < -0.39 is 12.1 Å². The zero-order valence-corrected chi connectivity index (χ0v) is 51.1. The van der Waals surface area contributed by atoms with Crippen molar-refractivity contribution in [3.8, 4) is 0 Å². The van der Waals surface area contributed by atoms with E-state index >= 15 is 0 Å². The van der Waals surface area contributed by atoms with Crippen LogP contribution in [0, 0.1) is 0 Å². The number of aliphatic hydroxyl groups is 2. The number of rotatable bonds is 65. The van der Waals surface area contributed by atoms with Gasteiger partial charge in [-0.05, 0) is 32.1 Å². The molecule has 3 N–H and O–H groups in total. The van der Waals surface area contributed by atoms with Crippen LogP contribution in [0.4, 0.5) is 0 Å². The van der Waals surface area contributed by atoms with Crippen molar-refractivity contribution < 1.29 is 24.5 Å². The molecule has 0 aromatic carbocycles. The zero-order chi connectivity index (χ0) is 54.3. The Morgan fingerprint density at radius 3 is 0.907 bits per heavy atom. The van der Waals surface area contributed by atoms with E-state index in [9.17, 15) is 19.8 Å². The first-order valence-corrected chi connectivity index (χ1v) is 34.5. The highest BCUT2D eigenvalue weighted by Crippen LogP contribution is 2.19. The Morgan fingerprint density at radius 2 is 0.613 bits per heavy atom. The molecule has 1 amide bonds. The lowest BCUT2D eigenvalue weighted by atomic mass is 10.0. The molecule has 6 nitrogen and oxygen atoms in total. The van der Waals surface area contributed by atoms with Gasteiger partial charge in [-0.15, -0.1) is 0 Å². The predicted octanol–water partition coefficient (Wildman–Crippen LogP) is 22.0. The van der Waals surface area contributed by atoms with E-state index in [4.69, 9.17) is 4.74 Å². The van der Waals surface area contributed by atoms with Crippen LogP contribution in [0.3, 0.4) is 0 Å². The summed E-state index contributed by atoms with van der Waals surface area (Å²) in [5.41, 5.74) is 0. The second-order valence-electron chi connectivity index (χ2n) is 23.9. The Balaban J connectivity index is 3.40. The van der Waals surface area contributed by atoms with Crippen molar-refractivity contribution in [3.05, 3.63) is 12.2 Å². The number of aliphatic hydroxyl groups excluding tert-OH is 2. The van der Waals surface area contributed by atoms with E-state index in [-0.39, 0.29) is 18.5 Å². The van der Waals surface area contributed by atoms with Gasteiger partial charge in [-0.1, -0.05) is 360 Å². The van der Waals surface area contributed by atoms with Gasteiger partial charge >= 0.3 is 5.97 Å². The summed E-state index contributed by atoms with van der Waals surface area (Å²) >= 11 is 0. The standard InChI is InChI=1S/C69H135NO5/c1-3-5-7-9-11-13-15-16-17-18-19-20-21-23-26-29-32-35-38-42-45-49-53-57-61-67(72)66(65-71)70-68(73)62-58-54-50-46-43-39-36-33-30-27-24-22-25-28-31-34-37-40-44-48-52-56-60-64-75-69(74)63-59-55-51-47-41-14-12-10-8-6-4-2/h57,61,66-67,71-72H,3-56,58-60,62-65H2,1-2H3,(H,70,73)/b61-57+. The molecule has 0 bridgehead atoms. The Hall–Kier alpha value is -1.40. The fraction of sp³-hybridized carbons (Fsp3) is 0.942. The average molecular weight is 1060 g/mol. The number of hydrogen-bond donors (Lipinski definition) is 3. The molecule has 0 fully saturated rings. The molecule has 0 saturated carbocycles. The lowest BCUT2D eigenvalue weighted by Gasteiger charge is -2.20. The maximum absolute atomic E-state index is 12.5. The number of hydrogen-bond acceptors (Lipinski definition) is 5. The van der Waals surface area contributed by atoms with Crippen molar-refractivity contribution >= 4 is 11.9 Å². The van der Waals surface area contributed by atoms with Crippen LogP contribution < -0.4 is 5.32 Å². The molecule has 0 radical (unpaired) electrons. The van der Waals surface area contributed by atoms with Crippen LogP contribution in [-0.4, -0.2) is 47.4 Å². The molecule has 0 rings (SSSR count). The van der Waals surface area contributed by atoms with E-state index in [1.807, 2.05) is 6.08 Å². The van der Waals surface area contributed by atoms with Gasteiger partial charge in [0.15, 0.2) is 0 Å². The first-order chi connectivity index (χ1) is 37.0. The molecule has 75 heavy (non-hydrogen) atoms. The van der Waals surface area contributed by atoms with Crippen LogP contribution in [0.5, 0.6) is 0 Å². The number of carbonyl (C=O) groups is 2. The van der Waals surface area contributed by atoms with Crippen molar-refractivity contribution in [1.82, 2.24) is 5.32 Å². The number of ether oxygens (including phenoxy) is 1. The van der Waals surface area contributed by atoms with E-state index in [2.05, 4.69) is 19.2 Å². The van der Waals surface area contributed by atoms with Gasteiger partial charge in [0.2, 0.25) is 5.91 Å². The molecule has 0 spiro atoms. The normalized spacial score (nSPS) is 12.5. The van der Waals surface area contributed by atoms with Gasteiger partial charge in [0.05, 0.1) is 25.4 Å². The summed E-state index contributed by atoms with van der Waals surface area (Å²) in [6, 6.07) is -0.628. The second-order valence-corrected chi connectivity index (χ2v) is 23.9. The van der Waals surface area contributed by atoms with E-state index in [0.717, 1.165) is 38.5 Å². The summed E-state index contributed by atoms with van der Waals surface area (Å²) in [6.07, 6.45) is 80.0. The summed E-state index contributed by atoms with van der Waals surface area (Å²) in [4.78, 5) is 24.5. The molecule has 6 heteroatoms. The van der Waals surface area contributed by atoms with E-state index in [1.165, 1.54) is 327 Å². The van der Waals surface area contributed by atoms with Crippen LogP contribution in [0.2, 0.25) is 0 Å². The SMILES string of the molecule is CCCCCCCCCCCCCCCCCCCCCCCC/C=C/C(O)C(CO)NC(=O)CCCCCCCCCCCCCCCCCCCCCCCCCOC(=O)CCCCCCCCCCCCC. The minimum Gasteiger partial charge on any atom is -0.466 e. The molecule has 0 saturated heterocycles. The third-order valence-corrected chi connectivity index (χ3v) is 16.3. The summed E-state index contributed by atoms with van der Waals surface area (Å²) < 4.78 is 5.47. The van der Waals surface area contributed by atoms with Crippen LogP contribution in [-0.2, 0) is 14.3 Å². The molecule has 2 unspecified atom stereocenters. The van der Waals surface area contributed by atoms with Gasteiger partial charge < -0.3 is 20.3 Å². The average Bonchev–Trinajstić information content (AvgIpc) is 3.41. The maximum Gasteiger partial charge on any atom is 0.305 e. The quantitative estimate of drug-likeness (QED) is 0.0320. The van der Waals surface area contributed by atoms with E-state index in [1.54, 1.807) is 6.08 Å². The van der Waals surface area contributed by atoms with Crippen molar-refractivity contribution in [3.63, 3.8) is 0 Å². The Morgan fingerprint density at radius 1 is 0.360 bits per heavy atom. The Labute approximate surface area is 469 Å². The third kappa shape index (κ3) is 61.7. The fourth-order valence-electron chi connectivity index (χ4n) is 11.1. The minimum absolute atomic E-state index is 0.0146. The number of esters is 1. The molecule has 0 aromatic rings. The predicted molar refractivity (Wildman–Crippen MR) is 329 cm³/mol. The Kier molecular flexibility index (Phi) is 63.9. The zero-order valence-electron chi connectivity index (χ0n) is 51.1. The largest absolute Gasteiger partial charge is 0.466 e. The highest BCUT2D eigenvalue weighted by molar-refractivity contribution is 5.76. The molecular weight excluding hydrogens is 923 g/mol. The number of allylic oxidation sites excluding steroid dienone is 1. The maximum atomic E-state index is 12.5. The molecule has 0 aliphatic heterocycles. The fourth-order valence-corrected chi connectivity index (χ4v) is 11.1. The van der Waals surface area contributed by atoms with Gasteiger partial charge in [-0.25, -0.2) is 0 Å². The summed E-state index contributed by atoms with van der Waals surface area (Å²) in [5.74, 6) is -0.0479. The Bertz CT molecular complexity index is 1130. The summed E-state index contributed by atoms with van der Waals surface area (Å²) in [6.45, 7) is 4.94. The number of nitrogens with one attached hydrogen (secondary N) is 1. The highest BCUT2D eigenvalue weighted by Gasteiger charge is 2.18. The molecule has 0 aromatic heterocycles.